The van der Waals surface area contributed by atoms with E-state index in [0.717, 1.165) is 0 Å². The lowest BCUT2D eigenvalue weighted by molar-refractivity contribution is -0.116. The number of fused-ring (bicyclic) bond motifs is 1. The Balaban J connectivity index is 1.90. The van der Waals surface area contributed by atoms with Crippen LogP contribution < -0.4 is 5.32 Å². The van der Waals surface area contributed by atoms with Gasteiger partial charge in [0.05, 0.1) is 0 Å². The molecule has 106 valence electrons. The molecule has 7 heteroatoms. The first-order valence-corrected chi connectivity index (χ1v) is 6.98. The minimum atomic E-state index is -0.421. The minimum Gasteiger partial charge on any atom is -0.337 e. The number of rotatable bonds is 4. The summed E-state index contributed by atoms with van der Waals surface area (Å²) in [6.07, 6.45) is 3.79. The van der Waals surface area contributed by atoms with E-state index in [1.165, 1.54) is 23.5 Å². The molecule has 0 bridgehead atoms. The van der Waals surface area contributed by atoms with E-state index >= 15 is 0 Å². The van der Waals surface area contributed by atoms with Gasteiger partial charge in [-0.25, -0.2) is 9.37 Å². The van der Waals surface area contributed by atoms with Crippen LogP contribution in [0.1, 0.15) is 10.4 Å². The van der Waals surface area contributed by atoms with Crippen molar-refractivity contribution < 1.29 is 14.0 Å². The maximum atomic E-state index is 13.3. The third-order valence-electron chi connectivity index (χ3n) is 2.99. The van der Waals surface area contributed by atoms with Crippen LogP contribution in [0.2, 0.25) is 0 Å². The van der Waals surface area contributed by atoms with Crippen molar-refractivity contribution in [3.63, 3.8) is 0 Å². The van der Waals surface area contributed by atoms with Gasteiger partial charge in [-0.2, -0.15) is 0 Å². The van der Waals surface area contributed by atoms with Crippen LogP contribution in [-0.4, -0.2) is 21.7 Å². The second kappa shape index (κ2) is 5.45. The molecule has 0 aliphatic heterocycles. The average molecular weight is 303 g/mol. The molecule has 3 aromatic rings. The zero-order chi connectivity index (χ0) is 14.8. The molecule has 21 heavy (non-hydrogen) atoms. The molecule has 0 saturated heterocycles. The lowest BCUT2D eigenvalue weighted by Gasteiger charge is -2.05. The molecule has 0 radical (unpaired) electrons. The maximum absolute atomic E-state index is 13.3. The monoisotopic (exact) mass is 303 g/mol. The summed E-state index contributed by atoms with van der Waals surface area (Å²) < 4.78 is 14.9. The molecule has 0 fully saturated rings. The van der Waals surface area contributed by atoms with Gasteiger partial charge in [0.1, 0.15) is 12.4 Å². The van der Waals surface area contributed by atoms with Crippen LogP contribution in [0.25, 0.3) is 10.9 Å². The third kappa shape index (κ3) is 2.68. The van der Waals surface area contributed by atoms with Crippen LogP contribution in [-0.2, 0) is 11.3 Å². The summed E-state index contributed by atoms with van der Waals surface area (Å²) in [5.74, 6) is -0.681. The average Bonchev–Trinajstić information content (AvgIpc) is 3.07. The van der Waals surface area contributed by atoms with Gasteiger partial charge in [0, 0.05) is 34.2 Å². The van der Waals surface area contributed by atoms with E-state index in [9.17, 15) is 14.0 Å². The van der Waals surface area contributed by atoms with Crippen molar-refractivity contribution in [2.24, 2.45) is 0 Å². The van der Waals surface area contributed by atoms with Crippen molar-refractivity contribution in [1.29, 1.82) is 0 Å². The molecule has 0 spiro atoms. The van der Waals surface area contributed by atoms with E-state index in [1.54, 1.807) is 28.4 Å². The topological polar surface area (TPSA) is 64.0 Å². The molecule has 1 amide bonds. The van der Waals surface area contributed by atoms with Gasteiger partial charge in [-0.15, -0.1) is 11.3 Å². The summed E-state index contributed by atoms with van der Waals surface area (Å²) in [6, 6.07) is 4.13. The van der Waals surface area contributed by atoms with Crippen molar-refractivity contribution in [3.8, 4) is 0 Å². The second-order valence-corrected chi connectivity index (χ2v) is 5.27. The van der Waals surface area contributed by atoms with Gasteiger partial charge in [-0.1, -0.05) is 0 Å². The normalized spacial score (nSPS) is 10.7. The van der Waals surface area contributed by atoms with Gasteiger partial charge in [0.15, 0.2) is 11.4 Å². The second-order valence-electron chi connectivity index (χ2n) is 4.38. The number of halogens is 1. The van der Waals surface area contributed by atoms with Gasteiger partial charge in [-0.3, -0.25) is 9.59 Å². The summed E-state index contributed by atoms with van der Waals surface area (Å²) >= 11 is 1.32. The Morgan fingerprint density at radius 1 is 1.48 bits per heavy atom. The number of thiazole rings is 1. The largest absolute Gasteiger partial charge is 0.337 e. The number of hydrogen-bond acceptors (Lipinski definition) is 4. The molecule has 1 N–H and O–H groups in total. The predicted molar refractivity (Wildman–Crippen MR) is 78.0 cm³/mol. The number of nitrogens with one attached hydrogen (secondary N) is 1. The van der Waals surface area contributed by atoms with Crippen molar-refractivity contribution in [2.45, 2.75) is 6.54 Å². The van der Waals surface area contributed by atoms with Crippen molar-refractivity contribution in [2.75, 3.05) is 5.32 Å². The molecule has 0 aliphatic carbocycles. The summed E-state index contributed by atoms with van der Waals surface area (Å²) in [7, 11) is 0. The minimum absolute atomic E-state index is 0.0234. The SMILES string of the molecule is O=Cc1cn(CC(=O)Nc2nccs2)c2ccc(F)cc12. The van der Waals surface area contributed by atoms with Crippen LogP contribution in [0.15, 0.2) is 36.0 Å². The fraction of sp³-hybridized carbons (Fsp3) is 0.0714. The fourth-order valence-corrected chi connectivity index (χ4v) is 2.67. The number of nitrogens with zero attached hydrogens (tertiary/aromatic N) is 2. The van der Waals surface area contributed by atoms with Gasteiger partial charge in [0.2, 0.25) is 5.91 Å². The molecule has 0 saturated carbocycles. The number of benzene rings is 1. The number of carbonyl (C=O) groups excluding carboxylic acids is 2. The first-order valence-electron chi connectivity index (χ1n) is 6.10. The lowest BCUT2D eigenvalue weighted by atomic mass is 10.2. The Kier molecular flexibility index (Phi) is 3.49. The van der Waals surface area contributed by atoms with Crippen LogP contribution in [0, 0.1) is 5.82 Å². The first-order chi connectivity index (χ1) is 10.2. The quantitative estimate of drug-likeness (QED) is 0.754. The van der Waals surface area contributed by atoms with Crippen LogP contribution >= 0.6 is 11.3 Å². The Morgan fingerprint density at radius 2 is 2.33 bits per heavy atom. The lowest BCUT2D eigenvalue weighted by Crippen LogP contribution is -2.18. The molecular weight excluding hydrogens is 293 g/mol. The number of hydrogen-bond donors (Lipinski definition) is 1. The fourth-order valence-electron chi connectivity index (χ4n) is 2.12. The van der Waals surface area contributed by atoms with Crippen LogP contribution in [0.5, 0.6) is 0 Å². The Morgan fingerprint density at radius 3 is 3.05 bits per heavy atom. The van der Waals surface area contributed by atoms with Gasteiger partial charge in [0.25, 0.3) is 0 Å². The van der Waals surface area contributed by atoms with Crippen molar-refractivity contribution in [3.05, 3.63) is 47.4 Å². The summed E-state index contributed by atoms with van der Waals surface area (Å²) in [4.78, 5) is 27.0. The molecule has 0 aliphatic rings. The summed E-state index contributed by atoms with van der Waals surface area (Å²) in [6.45, 7) is 0.0234. The molecule has 3 rings (SSSR count). The molecule has 2 aromatic heterocycles. The number of amides is 1. The zero-order valence-electron chi connectivity index (χ0n) is 10.7. The van der Waals surface area contributed by atoms with Gasteiger partial charge >= 0.3 is 0 Å². The van der Waals surface area contributed by atoms with Crippen LogP contribution in [0.3, 0.4) is 0 Å². The van der Waals surface area contributed by atoms with E-state index < -0.39 is 5.82 Å². The number of anilines is 1. The highest BCUT2D eigenvalue weighted by Gasteiger charge is 2.12. The molecule has 5 nitrogen and oxygen atoms in total. The van der Waals surface area contributed by atoms with Gasteiger partial charge in [-0.05, 0) is 18.2 Å². The molecule has 1 aromatic carbocycles. The van der Waals surface area contributed by atoms with Crippen molar-refractivity contribution >= 4 is 39.6 Å². The molecule has 0 atom stereocenters. The first kappa shape index (κ1) is 13.4. The highest BCUT2D eigenvalue weighted by Crippen LogP contribution is 2.21. The highest BCUT2D eigenvalue weighted by atomic mass is 32.1. The van der Waals surface area contributed by atoms with Crippen molar-refractivity contribution in [1.82, 2.24) is 9.55 Å². The molecular formula is C14H10FN3O2S. The molecule has 2 heterocycles. The van der Waals surface area contributed by atoms with E-state index in [-0.39, 0.29) is 12.5 Å². The van der Waals surface area contributed by atoms with E-state index in [4.69, 9.17) is 0 Å². The standard InChI is InChI=1S/C14H10FN3O2S/c15-10-1-2-12-11(5-10)9(8-19)6-18(12)7-13(20)17-14-16-3-4-21-14/h1-6,8H,7H2,(H,16,17,20). The molecule has 0 unspecified atom stereocenters. The number of carbonyl (C=O) groups is 2. The van der Waals surface area contributed by atoms with Crippen LogP contribution in [0.4, 0.5) is 9.52 Å². The Labute approximate surface area is 123 Å². The number of aldehydes is 1. The zero-order valence-corrected chi connectivity index (χ0v) is 11.6. The van der Waals surface area contributed by atoms with Gasteiger partial charge < -0.3 is 9.88 Å². The Hall–Kier alpha value is -2.54. The summed E-state index contributed by atoms with van der Waals surface area (Å²) in [5.41, 5.74) is 0.985. The third-order valence-corrected chi connectivity index (χ3v) is 3.68. The predicted octanol–water partition coefficient (Wildman–Crippen LogP) is 2.69. The number of aromatic nitrogens is 2. The summed E-state index contributed by atoms with van der Waals surface area (Å²) in [5, 5.41) is 5.42. The van der Waals surface area contributed by atoms with E-state index in [2.05, 4.69) is 10.3 Å². The van der Waals surface area contributed by atoms with E-state index in [1.807, 2.05) is 0 Å². The Bertz CT molecular complexity index is 811. The highest BCUT2D eigenvalue weighted by molar-refractivity contribution is 7.13. The van der Waals surface area contributed by atoms with E-state index in [0.29, 0.717) is 27.9 Å². The maximum Gasteiger partial charge on any atom is 0.246 e. The smallest absolute Gasteiger partial charge is 0.246 e.